The number of rotatable bonds is 4. The molecule has 0 saturated heterocycles. The monoisotopic (exact) mass is 299 g/mol. The Morgan fingerprint density at radius 2 is 2.05 bits per heavy atom. The average molecular weight is 299 g/mol. The first kappa shape index (κ1) is 16.3. The van der Waals surface area contributed by atoms with Gasteiger partial charge in [0.15, 0.2) is 0 Å². The average Bonchev–Trinajstić information content (AvgIpc) is 2.46. The van der Waals surface area contributed by atoms with Crippen LogP contribution in [-0.4, -0.2) is 6.04 Å². The summed E-state index contributed by atoms with van der Waals surface area (Å²) < 4.78 is 38.3. The summed E-state index contributed by atoms with van der Waals surface area (Å²) in [6.45, 7) is 4.16. The Morgan fingerprint density at radius 1 is 1.29 bits per heavy atom. The predicted octanol–water partition coefficient (Wildman–Crippen LogP) is 5.32. The van der Waals surface area contributed by atoms with Crippen molar-refractivity contribution in [3.8, 4) is 0 Å². The van der Waals surface area contributed by atoms with Gasteiger partial charge < -0.3 is 5.32 Å². The minimum atomic E-state index is -4.27. The molecule has 0 amide bonds. The molecule has 0 heterocycles. The van der Waals surface area contributed by atoms with Crippen molar-refractivity contribution in [1.29, 1.82) is 0 Å². The lowest BCUT2D eigenvalue weighted by atomic mass is 9.84. The molecule has 2 rings (SSSR count). The fourth-order valence-electron chi connectivity index (χ4n) is 3.25. The van der Waals surface area contributed by atoms with Gasteiger partial charge >= 0.3 is 6.18 Å². The van der Waals surface area contributed by atoms with Crippen LogP contribution in [0.25, 0.3) is 0 Å². The summed E-state index contributed by atoms with van der Waals surface area (Å²) in [5.74, 6) is 0.755. The standard InChI is InChI=1S/C17H24F3N/c1-3-13-6-4-9-16(10-13)21-12(2)14-7-5-8-15(11-14)17(18,19)20/h5,7-8,11-13,16,21H,3-4,6,9-10H2,1-2H3. The van der Waals surface area contributed by atoms with E-state index in [2.05, 4.69) is 12.2 Å². The molecule has 1 N–H and O–H groups in total. The Bertz CT molecular complexity index is 456. The van der Waals surface area contributed by atoms with Crippen LogP contribution in [-0.2, 0) is 6.18 Å². The third-order valence-corrected chi connectivity index (χ3v) is 4.56. The van der Waals surface area contributed by atoms with Crippen LogP contribution in [0.3, 0.4) is 0 Å². The molecule has 1 aliphatic carbocycles. The molecule has 118 valence electrons. The molecular weight excluding hydrogens is 275 g/mol. The zero-order valence-electron chi connectivity index (χ0n) is 12.7. The molecule has 1 aliphatic rings. The summed E-state index contributed by atoms with van der Waals surface area (Å²) >= 11 is 0. The Morgan fingerprint density at radius 3 is 2.71 bits per heavy atom. The highest BCUT2D eigenvalue weighted by atomic mass is 19.4. The first-order chi connectivity index (χ1) is 9.90. The van der Waals surface area contributed by atoms with E-state index in [9.17, 15) is 13.2 Å². The van der Waals surface area contributed by atoms with Crippen LogP contribution < -0.4 is 5.32 Å². The summed E-state index contributed by atoms with van der Waals surface area (Å²) in [4.78, 5) is 0. The second-order valence-electron chi connectivity index (χ2n) is 6.15. The lowest BCUT2D eigenvalue weighted by molar-refractivity contribution is -0.137. The van der Waals surface area contributed by atoms with E-state index in [0.29, 0.717) is 11.6 Å². The highest BCUT2D eigenvalue weighted by Crippen LogP contribution is 2.32. The normalized spacial score (nSPS) is 24.8. The fraction of sp³-hybridized carbons (Fsp3) is 0.647. The molecule has 0 radical (unpaired) electrons. The van der Waals surface area contributed by atoms with Gasteiger partial charge in [0.05, 0.1) is 5.56 Å². The molecule has 4 heteroatoms. The van der Waals surface area contributed by atoms with E-state index in [4.69, 9.17) is 0 Å². The zero-order chi connectivity index (χ0) is 15.5. The van der Waals surface area contributed by atoms with E-state index in [0.717, 1.165) is 24.8 Å². The van der Waals surface area contributed by atoms with Crippen LogP contribution in [0.2, 0.25) is 0 Å². The van der Waals surface area contributed by atoms with Crippen LogP contribution in [0.4, 0.5) is 13.2 Å². The van der Waals surface area contributed by atoms with Crippen molar-refractivity contribution in [3.05, 3.63) is 35.4 Å². The van der Waals surface area contributed by atoms with Gasteiger partial charge in [-0.2, -0.15) is 13.2 Å². The second-order valence-corrected chi connectivity index (χ2v) is 6.15. The Hall–Kier alpha value is -1.03. The van der Waals surface area contributed by atoms with E-state index in [1.54, 1.807) is 6.07 Å². The predicted molar refractivity (Wildman–Crippen MR) is 79.0 cm³/mol. The van der Waals surface area contributed by atoms with Gasteiger partial charge in [-0.15, -0.1) is 0 Å². The van der Waals surface area contributed by atoms with Gasteiger partial charge in [-0.3, -0.25) is 0 Å². The number of benzene rings is 1. The lowest BCUT2D eigenvalue weighted by Crippen LogP contribution is -2.35. The van der Waals surface area contributed by atoms with Gasteiger partial charge in [0.2, 0.25) is 0 Å². The first-order valence-electron chi connectivity index (χ1n) is 7.83. The largest absolute Gasteiger partial charge is 0.416 e. The van der Waals surface area contributed by atoms with E-state index >= 15 is 0 Å². The van der Waals surface area contributed by atoms with Crippen molar-refractivity contribution in [1.82, 2.24) is 5.32 Å². The summed E-state index contributed by atoms with van der Waals surface area (Å²) in [6, 6.07) is 6.03. The molecule has 21 heavy (non-hydrogen) atoms. The Kier molecular flexibility index (Phi) is 5.31. The van der Waals surface area contributed by atoms with Gasteiger partial charge in [-0.05, 0) is 43.4 Å². The molecule has 0 aliphatic heterocycles. The Labute approximate surface area is 124 Å². The van der Waals surface area contributed by atoms with Crippen molar-refractivity contribution < 1.29 is 13.2 Å². The number of hydrogen-bond acceptors (Lipinski definition) is 1. The Balaban J connectivity index is 2.01. The van der Waals surface area contributed by atoms with Gasteiger partial charge in [0.1, 0.15) is 0 Å². The van der Waals surface area contributed by atoms with Crippen molar-refractivity contribution in [2.45, 2.75) is 64.2 Å². The minimum Gasteiger partial charge on any atom is -0.307 e. The summed E-state index contributed by atoms with van der Waals surface area (Å²) in [6.07, 6.45) is 1.68. The van der Waals surface area contributed by atoms with Gasteiger partial charge in [0, 0.05) is 12.1 Å². The first-order valence-corrected chi connectivity index (χ1v) is 7.83. The third kappa shape index (κ3) is 4.47. The molecule has 0 spiro atoms. The molecule has 0 bridgehead atoms. The maximum Gasteiger partial charge on any atom is 0.416 e. The minimum absolute atomic E-state index is 0.0482. The third-order valence-electron chi connectivity index (χ3n) is 4.56. The maximum absolute atomic E-state index is 12.8. The van der Waals surface area contributed by atoms with Gasteiger partial charge in [0.25, 0.3) is 0 Å². The zero-order valence-corrected chi connectivity index (χ0v) is 12.7. The van der Waals surface area contributed by atoms with E-state index < -0.39 is 11.7 Å². The van der Waals surface area contributed by atoms with Gasteiger partial charge in [-0.1, -0.05) is 38.3 Å². The molecule has 1 nitrogen and oxygen atoms in total. The van der Waals surface area contributed by atoms with Crippen LogP contribution in [0.1, 0.15) is 63.1 Å². The molecule has 1 fully saturated rings. The number of alkyl halides is 3. The van der Waals surface area contributed by atoms with Crippen LogP contribution in [0, 0.1) is 5.92 Å². The van der Waals surface area contributed by atoms with Crippen LogP contribution >= 0.6 is 0 Å². The van der Waals surface area contributed by atoms with Crippen molar-refractivity contribution >= 4 is 0 Å². The van der Waals surface area contributed by atoms with E-state index in [1.165, 1.54) is 31.4 Å². The summed E-state index contributed by atoms with van der Waals surface area (Å²) in [5.41, 5.74) is 0.146. The topological polar surface area (TPSA) is 12.0 Å². The summed E-state index contributed by atoms with van der Waals surface area (Å²) in [7, 11) is 0. The number of nitrogens with one attached hydrogen (secondary N) is 1. The molecule has 3 unspecified atom stereocenters. The maximum atomic E-state index is 12.8. The molecule has 1 aromatic rings. The highest BCUT2D eigenvalue weighted by molar-refractivity contribution is 5.27. The second kappa shape index (κ2) is 6.82. The highest BCUT2D eigenvalue weighted by Gasteiger charge is 2.31. The van der Waals surface area contributed by atoms with Gasteiger partial charge in [-0.25, -0.2) is 0 Å². The molecule has 1 saturated carbocycles. The molecular formula is C17H24F3N. The lowest BCUT2D eigenvalue weighted by Gasteiger charge is -2.31. The van der Waals surface area contributed by atoms with E-state index in [-0.39, 0.29) is 6.04 Å². The number of halogens is 3. The smallest absolute Gasteiger partial charge is 0.307 e. The molecule has 1 aromatic carbocycles. The van der Waals surface area contributed by atoms with Crippen molar-refractivity contribution in [3.63, 3.8) is 0 Å². The fourth-order valence-corrected chi connectivity index (χ4v) is 3.25. The molecule has 3 atom stereocenters. The molecule has 0 aromatic heterocycles. The number of hydrogen-bond donors (Lipinski definition) is 1. The SMILES string of the molecule is CCC1CCCC(NC(C)c2cccc(C(F)(F)F)c2)C1. The van der Waals surface area contributed by atoms with Crippen LogP contribution in [0.5, 0.6) is 0 Å². The van der Waals surface area contributed by atoms with E-state index in [1.807, 2.05) is 6.92 Å². The summed E-state index contributed by atoms with van der Waals surface area (Å²) in [5, 5.41) is 3.51. The van der Waals surface area contributed by atoms with Crippen LogP contribution in [0.15, 0.2) is 24.3 Å². The van der Waals surface area contributed by atoms with Crippen molar-refractivity contribution in [2.75, 3.05) is 0 Å². The van der Waals surface area contributed by atoms with Crippen molar-refractivity contribution in [2.24, 2.45) is 5.92 Å². The quantitative estimate of drug-likeness (QED) is 0.793.